The topological polar surface area (TPSA) is 72.5 Å². The van der Waals surface area contributed by atoms with Crippen molar-refractivity contribution in [3.63, 3.8) is 0 Å². The van der Waals surface area contributed by atoms with Crippen LogP contribution in [0.5, 0.6) is 11.6 Å². The van der Waals surface area contributed by atoms with Gasteiger partial charge in [-0.3, -0.25) is 0 Å². The molecule has 0 saturated heterocycles. The van der Waals surface area contributed by atoms with Crippen molar-refractivity contribution in [3.05, 3.63) is 53.2 Å². The van der Waals surface area contributed by atoms with Crippen LogP contribution in [-0.2, 0) is 6.54 Å². The number of rotatable bonds is 7. The van der Waals surface area contributed by atoms with Crippen LogP contribution in [0.15, 0.2) is 42.6 Å². The first-order valence-electron chi connectivity index (χ1n) is 7.06. The predicted molar refractivity (Wildman–Crippen MR) is 88.0 cm³/mol. The molecular formula is C16H18ClN3O3. The minimum Gasteiger partial charge on any atom is -0.492 e. The van der Waals surface area contributed by atoms with Crippen molar-refractivity contribution in [2.45, 2.75) is 6.54 Å². The lowest BCUT2D eigenvalue weighted by molar-refractivity contribution is 0.236. The molecule has 0 aliphatic carbocycles. The van der Waals surface area contributed by atoms with Crippen LogP contribution in [-0.4, -0.2) is 31.3 Å². The Balaban J connectivity index is 1.65. The van der Waals surface area contributed by atoms with Gasteiger partial charge in [0, 0.05) is 23.8 Å². The Morgan fingerprint density at radius 2 is 2.13 bits per heavy atom. The zero-order valence-electron chi connectivity index (χ0n) is 12.7. The van der Waals surface area contributed by atoms with Crippen molar-refractivity contribution in [2.75, 3.05) is 20.3 Å². The number of aromatic nitrogens is 1. The molecule has 23 heavy (non-hydrogen) atoms. The van der Waals surface area contributed by atoms with E-state index in [4.69, 9.17) is 21.1 Å². The summed E-state index contributed by atoms with van der Waals surface area (Å²) < 4.78 is 10.5. The van der Waals surface area contributed by atoms with Gasteiger partial charge in [0.1, 0.15) is 12.4 Å². The number of benzene rings is 1. The van der Waals surface area contributed by atoms with E-state index in [2.05, 4.69) is 15.6 Å². The molecule has 1 heterocycles. The van der Waals surface area contributed by atoms with Crippen molar-refractivity contribution < 1.29 is 14.3 Å². The number of amides is 2. The molecule has 1 aromatic carbocycles. The van der Waals surface area contributed by atoms with Crippen LogP contribution < -0.4 is 20.1 Å². The second kappa shape index (κ2) is 8.85. The summed E-state index contributed by atoms with van der Waals surface area (Å²) >= 11 is 5.86. The number of halogens is 1. The molecule has 2 amide bonds. The smallest absolute Gasteiger partial charge is 0.315 e. The quantitative estimate of drug-likeness (QED) is 0.763. The first-order valence-corrected chi connectivity index (χ1v) is 7.44. The number of ether oxygens (including phenoxy) is 2. The van der Waals surface area contributed by atoms with Gasteiger partial charge in [-0.15, -0.1) is 0 Å². The van der Waals surface area contributed by atoms with Crippen LogP contribution in [0.3, 0.4) is 0 Å². The molecule has 122 valence electrons. The standard InChI is InChI=1S/C16H18ClN3O3/c1-22-15-9-12(5-6-18-15)11-20-16(21)19-7-8-23-14-4-2-3-13(17)10-14/h2-6,9-10H,7-8,11H2,1H3,(H2,19,20,21). The third-order valence-electron chi connectivity index (χ3n) is 2.91. The van der Waals surface area contributed by atoms with Gasteiger partial charge in [0.15, 0.2) is 0 Å². The Kier molecular flexibility index (Phi) is 6.50. The van der Waals surface area contributed by atoms with Gasteiger partial charge in [-0.05, 0) is 29.8 Å². The second-order valence-corrected chi connectivity index (χ2v) is 5.06. The van der Waals surface area contributed by atoms with Crippen LogP contribution in [0.25, 0.3) is 0 Å². The van der Waals surface area contributed by atoms with Gasteiger partial charge in [0.2, 0.25) is 5.88 Å². The lowest BCUT2D eigenvalue weighted by atomic mass is 10.2. The van der Waals surface area contributed by atoms with Gasteiger partial charge < -0.3 is 20.1 Å². The minimum atomic E-state index is -0.268. The summed E-state index contributed by atoms with van der Waals surface area (Å²) in [7, 11) is 1.55. The van der Waals surface area contributed by atoms with Crippen LogP contribution in [0, 0.1) is 0 Å². The predicted octanol–water partition coefficient (Wildman–Crippen LogP) is 2.62. The number of methoxy groups -OCH3 is 1. The van der Waals surface area contributed by atoms with E-state index in [0.717, 1.165) is 5.56 Å². The molecule has 0 unspecified atom stereocenters. The van der Waals surface area contributed by atoms with E-state index >= 15 is 0 Å². The summed E-state index contributed by atoms with van der Waals surface area (Å²) in [5, 5.41) is 6.07. The summed E-state index contributed by atoms with van der Waals surface area (Å²) in [6, 6.07) is 10.4. The average molecular weight is 336 g/mol. The molecule has 2 rings (SSSR count). The van der Waals surface area contributed by atoms with Crippen LogP contribution in [0.2, 0.25) is 5.02 Å². The van der Waals surface area contributed by atoms with E-state index in [1.54, 1.807) is 37.6 Å². The largest absolute Gasteiger partial charge is 0.492 e. The Hall–Kier alpha value is -2.47. The lowest BCUT2D eigenvalue weighted by Gasteiger charge is -2.09. The molecule has 0 saturated carbocycles. The molecule has 0 aliphatic rings. The molecule has 0 fully saturated rings. The highest BCUT2D eigenvalue weighted by Crippen LogP contribution is 2.16. The molecule has 1 aromatic heterocycles. The van der Waals surface area contributed by atoms with E-state index in [-0.39, 0.29) is 6.03 Å². The fourth-order valence-electron chi connectivity index (χ4n) is 1.81. The van der Waals surface area contributed by atoms with Gasteiger partial charge in [-0.25, -0.2) is 9.78 Å². The molecule has 7 heteroatoms. The van der Waals surface area contributed by atoms with Crippen LogP contribution in [0.1, 0.15) is 5.56 Å². The van der Waals surface area contributed by atoms with E-state index in [1.807, 2.05) is 12.1 Å². The number of carbonyl (C=O) groups is 1. The number of hydrogen-bond acceptors (Lipinski definition) is 4. The van der Waals surface area contributed by atoms with Gasteiger partial charge in [-0.1, -0.05) is 17.7 Å². The number of hydrogen-bond donors (Lipinski definition) is 2. The van der Waals surface area contributed by atoms with Gasteiger partial charge >= 0.3 is 6.03 Å². The van der Waals surface area contributed by atoms with E-state index in [0.29, 0.717) is 36.3 Å². The Morgan fingerprint density at radius 3 is 2.91 bits per heavy atom. The molecule has 0 spiro atoms. The normalized spacial score (nSPS) is 10.0. The first kappa shape index (κ1) is 16.9. The lowest BCUT2D eigenvalue weighted by Crippen LogP contribution is -2.37. The minimum absolute atomic E-state index is 0.268. The third-order valence-corrected chi connectivity index (χ3v) is 3.15. The number of nitrogens with zero attached hydrogens (tertiary/aromatic N) is 1. The molecule has 0 bridgehead atoms. The summed E-state index contributed by atoms with van der Waals surface area (Å²) in [6.45, 7) is 1.13. The van der Waals surface area contributed by atoms with Crippen molar-refractivity contribution in [3.8, 4) is 11.6 Å². The number of carbonyl (C=O) groups excluding carboxylic acids is 1. The van der Waals surface area contributed by atoms with Gasteiger partial charge in [0.05, 0.1) is 13.7 Å². The SMILES string of the molecule is COc1cc(CNC(=O)NCCOc2cccc(Cl)c2)ccn1. The number of urea groups is 1. The molecule has 2 aromatic rings. The third kappa shape index (κ3) is 6.04. The molecule has 0 atom stereocenters. The fourth-order valence-corrected chi connectivity index (χ4v) is 1.99. The zero-order valence-corrected chi connectivity index (χ0v) is 13.5. The first-order chi connectivity index (χ1) is 11.2. The summed E-state index contributed by atoms with van der Waals surface area (Å²) in [6.07, 6.45) is 1.63. The maximum absolute atomic E-state index is 11.7. The average Bonchev–Trinajstić information content (AvgIpc) is 2.57. The van der Waals surface area contributed by atoms with Crippen LogP contribution in [0.4, 0.5) is 4.79 Å². The maximum Gasteiger partial charge on any atom is 0.315 e. The molecule has 0 radical (unpaired) electrons. The van der Waals surface area contributed by atoms with Crippen LogP contribution >= 0.6 is 11.6 Å². The van der Waals surface area contributed by atoms with Crippen molar-refractivity contribution in [1.29, 1.82) is 0 Å². The second-order valence-electron chi connectivity index (χ2n) is 4.62. The summed E-state index contributed by atoms with van der Waals surface area (Å²) in [4.78, 5) is 15.7. The molecule has 0 aliphatic heterocycles. The van der Waals surface area contributed by atoms with E-state index < -0.39 is 0 Å². The van der Waals surface area contributed by atoms with Crippen molar-refractivity contribution in [2.24, 2.45) is 0 Å². The molecular weight excluding hydrogens is 318 g/mol. The zero-order chi connectivity index (χ0) is 16.5. The molecule has 2 N–H and O–H groups in total. The number of nitrogens with one attached hydrogen (secondary N) is 2. The highest BCUT2D eigenvalue weighted by atomic mass is 35.5. The highest BCUT2D eigenvalue weighted by molar-refractivity contribution is 6.30. The summed E-state index contributed by atoms with van der Waals surface area (Å²) in [5.41, 5.74) is 0.905. The van der Waals surface area contributed by atoms with Gasteiger partial charge in [-0.2, -0.15) is 0 Å². The highest BCUT2D eigenvalue weighted by Gasteiger charge is 2.02. The number of pyridine rings is 1. The van der Waals surface area contributed by atoms with Gasteiger partial charge in [0.25, 0.3) is 0 Å². The van der Waals surface area contributed by atoms with E-state index in [9.17, 15) is 4.79 Å². The maximum atomic E-state index is 11.7. The Bertz CT molecular complexity index is 652. The van der Waals surface area contributed by atoms with Crippen molar-refractivity contribution >= 4 is 17.6 Å². The Labute approximate surface area is 139 Å². The fraction of sp³-hybridized carbons (Fsp3) is 0.250. The molecule has 6 nitrogen and oxygen atoms in total. The summed E-state index contributed by atoms with van der Waals surface area (Å²) in [5.74, 6) is 1.18. The van der Waals surface area contributed by atoms with Crippen molar-refractivity contribution in [1.82, 2.24) is 15.6 Å². The van der Waals surface area contributed by atoms with E-state index in [1.165, 1.54) is 0 Å². The Morgan fingerprint density at radius 1 is 1.26 bits per heavy atom. The monoisotopic (exact) mass is 335 g/mol.